The fourth-order valence-electron chi connectivity index (χ4n) is 1.14. The van der Waals surface area contributed by atoms with Crippen LogP contribution in [0.4, 0.5) is 0 Å². The van der Waals surface area contributed by atoms with E-state index in [4.69, 9.17) is 23.2 Å². The molecule has 1 aromatic carbocycles. The number of rotatable bonds is 4. The first-order chi connectivity index (χ1) is 7.98. The Morgan fingerprint density at radius 2 is 2.00 bits per heavy atom. The molecule has 1 aromatic rings. The number of ether oxygens (including phenoxy) is 1. The molecular weight excluding hydrogens is 263 g/mol. The van der Waals surface area contributed by atoms with Crippen LogP contribution in [0.3, 0.4) is 0 Å². The summed E-state index contributed by atoms with van der Waals surface area (Å²) >= 11 is 11.4. The number of methoxy groups -OCH3 is 1. The zero-order chi connectivity index (χ0) is 12.9. The monoisotopic (exact) mass is 274 g/mol. The lowest BCUT2D eigenvalue weighted by Gasteiger charge is -2.20. The van der Waals surface area contributed by atoms with Gasteiger partial charge in [-0.2, -0.15) is 0 Å². The van der Waals surface area contributed by atoms with Crippen molar-refractivity contribution < 1.29 is 14.6 Å². The summed E-state index contributed by atoms with van der Waals surface area (Å²) in [6.07, 6.45) is 1.61. The lowest BCUT2D eigenvalue weighted by molar-refractivity contribution is -0.143. The third kappa shape index (κ3) is 3.73. The molecule has 1 N–H and O–H groups in total. The highest BCUT2D eigenvalue weighted by Crippen LogP contribution is 2.28. The van der Waals surface area contributed by atoms with Gasteiger partial charge in [0.1, 0.15) is 6.10 Å². The number of benzene rings is 1. The molecule has 0 aromatic heterocycles. The van der Waals surface area contributed by atoms with Gasteiger partial charge in [0.05, 0.1) is 7.11 Å². The van der Waals surface area contributed by atoms with E-state index < -0.39 is 16.4 Å². The van der Waals surface area contributed by atoms with Gasteiger partial charge in [-0.3, -0.25) is 0 Å². The molecule has 1 unspecified atom stereocenters. The summed E-state index contributed by atoms with van der Waals surface area (Å²) in [7, 11) is 1.15. The molecule has 0 saturated carbocycles. The molecule has 1 rings (SSSR count). The molecule has 5 heteroatoms. The average molecular weight is 275 g/mol. The largest absolute Gasteiger partial charge is 0.467 e. The summed E-state index contributed by atoms with van der Waals surface area (Å²) in [5, 5.41) is 9.69. The third-order valence-electron chi connectivity index (χ3n) is 2.10. The molecule has 1 atom stereocenters. The second kappa shape index (κ2) is 6.05. The lowest BCUT2D eigenvalue weighted by atomic mass is 10.1. The summed E-state index contributed by atoms with van der Waals surface area (Å²) in [6.45, 7) is 0. The summed E-state index contributed by atoms with van der Waals surface area (Å²) in [5.41, 5.74) is 0.862. The molecule has 0 aliphatic carbocycles. The molecular formula is C12H12Cl2O3. The van der Waals surface area contributed by atoms with Gasteiger partial charge < -0.3 is 9.84 Å². The number of esters is 1. The van der Waals surface area contributed by atoms with Gasteiger partial charge in [0.25, 0.3) is 0 Å². The standard InChI is InChI=1S/C12H12Cl2O3/c1-17-11(16)12(13,14)10(15)8-7-9-5-3-2-4-6-9/h2-8,10,15H,1H3/b8-7+. The fourth-order valence-corrected chi connectivity index (χ4v) is 1.44. The fraction of sp³-hybridized carbons (Fsp3) is 0.250. The van der Waals surface area contributed by atoms with E-state index in [1.165, 1.54) is 6.08 Å². The maximum absolute atomic E-state index is 11.2. The Hall–Kier alpha value is -1.03. The first-order valence-corrected chi connectivity index (χ1v) is 5.61. The van der Waals surface area contributed by atoms with E-state index in [9.17, 15) is 9.90 Å². The summed E-state index contributed by atoms with van der Waals surface area (Å²) in [6, 6.07) is 9.24. The highest BCUT2D eigenvalue weighted by molar-refractivity contribution is 6.58. The zero-order valence-corrected chi connectivity index (χ0v) is 10.7. The average Bonchev–Trinajstić information content (AvgIpc) is 2.35. The summed E-state index contributed by atoms with van der Waals surface area (Å²) in [4.78, 5) is 11.2. The van der Waals surface area contributed by atoms with Crippen LogP contribution in [0, 0.1) is 0 Å². The number of hydrogen-bond donors (Lipinski definition) is 1. The number of carbonyl (C=O) groups is 1. The Morgan fingerprint density at radius 1 is 1.41 bits per heavy atom. The van der Waals surface area contributed by atoms with E-state index >= 15 is 0 Å². The minimum atomic E-state index is -2.00. The number of aliphatic hydroxyl groups is 1. The van der Waals surface area contributed by atoms with Crippen molar-refractivity contribution in [2.75, 3.05) is 7.11 Å². The first kappa shape index (κ1) is 14.0. The minimum Gasteiger partial charge on any atom is -0.467 e. The van der Waals surface area contributed by atoms with Crippen LogP contribution in [0.1, 0.15) is 5.56 Å². The number of hydrogen-bond acceptors (Lipinski definition) is 3. The van der Waals surface area contributed by atoms with Gasteiger partial charge in [0, 0.05) is 0 Å². The molecule has 0 heterocycles. The van der Waals surface area contributed by atoms with Crippen molar-refractivity contribution in [3.8, 4) is 0 Å². The van der Waals surface area contributed by atoms with Gasteiger partial charge in [0.2, 0.25) is 4.33 Å². The topological polar surface area (TPSA) is 46.5 Å². The van der Waals surface area contributed by atoms with E-state index in [0.717, 1.165) is 12.7 Å². The second-order valence-corrected chi connectivity index (χ2v) is 4.72. The van der Waals surface area contributed by atoms with Crippen molar-refractivity contribution in [1.82, 2.24) is 0 Å². The molecule has 0 amide bonds. The first-order valence-electron chi connectivity index (χ1n) is 4.86. The van der Waals surface area contributed by atoms with Crippen LogP contribution in [-0.4, -0.2) is 28.6 Å². The van der Waals surface area contributed by atoms with E-state index in [1.807, 2.05) is 30.3 Å². The normalized spacial score (nSPS) is 13.6. The van der Waals surface area contributed by atoms with Gasteiger partial charge in [-0.1, -0.05) is 65.7 Å². The Balaban J connectivity index is 2.75. The van der Waals surface area contributed by atoms with E-state index in [1.54, 1.807) is 6.08 Å². The van der Waals surface area contributed by atoms with Crippen LogP contribution in [0.5, 0.6) is 0 Å². The van der Waals surface area contributed by atoms with Gasteiger partial charge in [0.15, 0.2) is 0 Å². The molecule has 0 saturated heterocycles. The maximum atomic E-state index is 11.2. The molecule has 0 aliphatic rings. The Labute approximate surface area is 110 Å². The molecule has 92 valence electrons. The van der Waals surface area contributed by atoms with Crippen LogP contribution >= 0.6 is 23.2 Å². The lowest BCUT2D eigenvalue weighted by Crippen LogP contribution is -2.38. The number of alkyl halides is 2. The van der Waals surface area contributed by atoms with Gasteiger partial charge in [-0.15, -0.1) is 0 Å². The van der Waals surface area contributed by atoms with Crippen molar-refractivity contribution in [3.63, 3.8) is 0 Å². The van der Waals surface area contributed by atoms with Crippen molar-refractivity contribution in [1.29, 1.82) is 0 Å². The predicted octanol–water partition coefficient (Wildman–Crippen LogP) is 2.41. The quantitative estimate of drug-likeness (QED) is 0.678. The van der Waals surface area contributed by atoms with E-state index in [2.05, 4.69) is 4.74 Å². The van der Waals surface area contributed by atoms with Gasteiger partial charge >= 0.3 is 5.97 Å². The third-order valence-corrected chi connectivity index (χ3v) is 2.86. The van der Waals surface area contributed by atoms with Crippen molar-refractivity contribution in [3.05, 3.63) is 42.0 Å². The molecule has 0 spiro atoms. The van der Waals surface area contributed by atoms with Gasteiger partial charge in [-0.25, -0.2) is 4.79 Å². The zero-order valence-electron chi connectivity index (χ0n) is 9.14. The Kier molecular flexibility index (Phi) is 5.00. The summed E-state index contributed by atoms with van der Waals surface area (Å²) in [5.74, 6) is -0.897. The molecule has 3 nitrogen and oxygen atoms in total. The number of halogens is 2. The predicted molar refractivity (Wildman–Crippen MR) is 67.9 cm³/mol. The van der Waals surface area contributed by atoms with Crippen molar-refractivity contribution >= 4 is 35.2 Å². The van der Waals surface area contributed by atoms with Crippen molar-refractivity contribution in [2.24, 2.45) is 0 Å². The number of aliphatic hydroxyl groups excluding tert-OH is 1. The Morgan fingerprint density at radius 3 is 2.53 bits per heavy atom. The smallest absolute Gasteiger partial charge is 0.345 e. The van der Waals surface area contributed by atoms with Crippen LogP contribution < -0.4 is 0 Å². The van der Waals surface area contributed by atoms with Crippen LogP contribution in [0.2, 0.25) is 0 Å². The highest BCUT2D eigenvalue weighted by Gasteiger charge is 2.41. The van der Waals surface area contributed by atoms with Crippen LogP contribution in [0.15, 0.2) is 36.4 Å². The van der Waals surface area contributed by atoms with Crippen LogP contribution in [-0.2, 0) is 9.53 Å². The van der Waals surface area contributed by atoms with Crippen molar-refractivity contribution in [2.45, 2.75) is 10.4 Å². The minimum absolute atomic E-state index is 0.862. The molecule has 0 radical (unpaired) electrons. The maximum Gasteiger partial charge on any atom is 0.345 e. The molecule has 0 aliphatic heterocycles. The van der Waals surface area contributed by atoms with E-state index in [-0.39, 0.29) is 0 Å². The second-order valence-electron chi connectivity index (χ2n) is 3.33. The molecule has 17 heavy (non-hydrogen) atoms. The Bertz CT molecular complexity index is 401. The van der Waals surface area contributed by atoms with Gasteiger partial charge in [-0.05, 0) is 5.56 Å². The van der Waals surface area contributed by atoms with Crippen LogP contribution in [0.25, 0.3) is 6.08 Å². The van der Waals surface area contributed by atoms with E-state index in [0.29, 0.717) is 0 Å². The number of carbonyl (C=O) groups excluding carboxylic acids is 1. The SMILES string of the molecule is COC(=O)C(Cl)(Cl)C(O)/C=C/c1ccccc1. The molecule has 0 fully saturated rings. The highest BCUT2D eigenvalue weighted by atomic mass is 35.5. The molecule has 0 bridgehead atoms. The summed E-state index contributed by atoms with van der Waals surface area (Å²) < 4.78 is 2.39.